The van der Waals surface area contributed by atoms with Crippen molar-refractivity contribution in [1.29, 1.82) is 5.26 Å². The maximum absolute atomic E-state index is 11.8. The smallest absolute Gasteiger partial charge is 0.349 e. The van der Waals surface area contributed by atoms with Crippen LogP contribution >= 0.6 is 0 Å². The second-order valence-corrected chi connectivity index (χ2v) is 5.17. The largest absolute Gasteiger partial charge is 0.462 e. The number of nitro groups is 1. The Hall–Kier alpha value is -3.40. The number of benzene rings is 1. The number of furan rings is 1. The van der Waals surface area contributed by atoms with Gasteiger partial charge in [0.05, 0.1) is 11.5 Å². The van der Waals surface area contributed by atoms with Gasteiger partial charge in [-0.25, -0.2) is 4.79 Å². The molecule has 0 bridgehead atoms. The summed E-state index contributed by atoms with van der Waals surface area (Å²) in [5, 5.41) is 19.9. The number of unbranched alkanes of at least 4 members (excludes halogenated alkanes) is 1. The van der Waals surface area contributed by atoms with E-state index in [-0.39, 0.29) is 23.6 Å². The average molecular weight is 340 g/mol. The summed E-state index contributed by atoms with van der Waals surface area (Å²) in [6.07, 6.45) is 2.89. The van der Waals surface area contributed by atoms with E-state index < -0.39 is 10.9 Å². The lowest BCUT2D eigenvalue weighted by molar-refractivity contribution is -0.384. The summed E-state index contributed by atoms with van der Waals surface area (Å²) in [5.74, 6) is -0.0265. The van der Waals surface area contributed by atoms with Crippen LogP contribution in [0.5, 0.6) is 0 Å². The van der Waals surface area contributed by atoms with E-state index in [4.69, 9.17) is 14.4 Å². The Balaban J connectivity index is 2.19. The second-order valence-electron chi connectivity index (χ2n) is 5.17. The van der Waals surface area contributed by atoms with Crippen LogP contribution in [0.4, 0.5) is 5.69 Å². The molecular weight excluding hydrogens is 324 g/mol. The van der Waals surface area contributed by atoms with Crippen LogP contribution in [0.3, 0.4) is 0 Å². The molecule has 2 aromatic rings. The molecule has 128 valence electrons. The van der Waals surface area contributed by atoms with Gasteiger partial charge in [0.2, 0.25) is 0 Å². The number of ether oxygens (including phenoxy) is 1. The predicted molar refractivity (Wildman–Crippen MR) is 90.3 cm³/mol. The molecule has 1 aromatic carbocycles. The zero-order valence-electron chi connectivity index (χ0n) is 13.6. The van der Waals surface area contributed by atoms with Gasteiger partial charge in [0.15, 0.2) is 0 Å². The van der Waals surface area contributed by atoms with E-state index in [0.29, 0.717) is 11.3 Å². The van der Waals surface area contributed by atoms with E-state index in [2.05, 4.69) is 0 Å². The van der Waals surface area contributed by atoms with Crippen molar-refractivity contribution in [2.75, 3.05) is 6.61 Å². The standard InChI is InChI=1S/C18H16N2O5/c1-2-3-9-24-18(21)14(12-19)11-16-7-8-17(25-16)13-5-4-6-15(10-13)20(22)23/h4-8,10-11H,2-3,9H2,1H3/b14-11-. The van der Waals surface area contributed by atoms with Crippen molar-refractivity contribution in [2.45, 2.75) is 19.8 Å². The highest BCUT2D eigenvalue weighted by molar-refractivity contribution is 5.97. The van der Waals surface area contributed by atoms with Crippen LogP contribution in [0.15, 0.2) is 46.4 Å². The Kier molecular flexibility index (Phi) is 6.07. The van der Waals surface area contributed by atoms with E-state index in [1.54, 1.807) is 30.3 Å². The summed E-state index contributed by atoms with van der Waals surface area (Å²) in [6, 6.07) is 11.0. The number of non-ortho nitro benzene ring substituents is 1. The predicted octanol–water partition coefficient (Wildman–Crippen LogP) is 4.11. The molecule has 0 N–H and O–H groups in total. The minimum absolute atomic E-state index is 0.0526. The summed E-state index contributed by atoms with van der Waals surface area (Å²) >= 11 is 0. The average Bonchev–Trinajstić information content (AvgIpc) is 3.08. The molecule has 0 saturated carbocycles. The maximum Gasteiger partial charge on any atom is 0.349 e. The van der Waals surface area contributed by atoms with Gasteiger partial charge in [-0.2, -0.15) is 5.26 Å². The van der Waals surface area contributed by atoms with Crippen LogP contribution in [-0.2, 0) is 9.53 Å². The number of nitrogens with zero attached hydrogens (tertiary/aromatic N) is 2. The first-order chi connectivity index (χ1) is 12.0. The van der Waals surface area contributed by atoms with Crippen LogP contribution in [0.1, 0.15) is 25.5 Å². The molecule has 1 heterocycles. The highest BCUT2D eigenvalue weighted by Crippen LogP contribution is 2.26. The zero-order chi connectivity index (χ0) is 18.2. The number of carbonyl (C=O) groups excluding carboxylic acids is 1. The van der Waals surface area contributed by atoms with E-state index in [9.17, 15) is 14.9 Å². The number of hydrogen-bond acceptors (Lipinski definition) is 6. The Morgan fingerprint density at radius 2 is 2.20 bits per heavy atom. The van der Waals surface area contributed by atoms with Gasteiger partial charge in [-0.1, -0.05) is 25.5 Å². The molecule has 0 atom stereocenters. The fraction of sp³-hybridized carbons (Fsp3) is 0.222. The van der Waals surface area contributed by atoms with Crippen LogP contribution in [0.25, 0.3) is 17.4 Å². The number of nitro benzene ring substituents is 1. The van der Waals surface area contributed by atoms with Crippen LogP contribution in [0, 0.1) is 21.4 Å². The van der Waals surface area contributed by atoms with Crippen molar-refractivity contribution in [2.24, 2.45) is 0 Å². The molecule has 1 aromatic heterocycles. The second kappa shape index (κ2) is 8.45. The first kappa shape index (κ1) is 17.9. The highest BCUT2D eigenvalue weighted by Gasteiger charge is 2.13. The Morgan fingerprint density at radius 1 is 1.40 bits per heavy atom. The van der Waals surface area contributed by atoms with E-state index in [1.807, 2.05) is 6.92 Å². The lowest BCUT2D eigenvalue weighted by atomic mass is 10.1. The number of hydrogen-bond donors (Lipinski definition) is 0. The topological polar surface area (TPSA) is 106 Å². The van der Waals surface area contributed by atoms with Gasteiger partial charge < -0.3 is 9.15 Å². The number of esters is 1. The fourth-order valence-corrected chi connectivity index (χ4v) is 2.02. The lowest BCUT2D eigenvalue weighted by Gasteiger charge is -2.01. The molecule has 2 rings (SSSR count). The molecule has 0 spiro atoms. The van der Waals surface area contributed by atoms with Gasteiger partial charge in [-0.05, 0) is 18.6 Å². The first-order valence-corrected chi connectivity index (χ1v) is 7.68. The van der Waals surface area contributed by atoms with Gasteiger partial charge in [0, 0.05) is 23.8 Å². The molecule has 0 aliphatic heterocycles. The van der Waals surface area contributed by atoms with Crippen LogP contribution < -0.4 is 0 Å². The van der Waals surface area contributed by atoms with Gasteiger partial charge in [0.1, 0.15) is 23.2 Å². The summed E-state index contributed by atoms with van der Waals surface area (Å²) in [5.41, 5.74) is 0.303. The number of nitriles is 1. The normalized spacial score (nSPS) is 11.0. The zero-order valence-corrected chi connectivity index (χ0v) is 13.6. The van der Waals surface area contributed by atoms with Gasteiger partial charge in [-0.3, -0.25) is 10.1 Å². The molecule has 25 heavy (non-hydrogen) atoms. The van der Waals surface area contributed by atoms with Gasteiger partial charge >= 0.3 is 5.97 Å². The van der Waals surface area contributed by atoms with Crippen molar-refractivity contribution in [3.63, 3.8) is 0 Å². The third-order valence-corrected chi connectivity index (χ3v) is 3.33. The Morgan fingerprint density at radius 3 is 2.88 bits per heavy atom. The molecule has 0 fully saturated rings. The number of rotatable bonds is 7. The van der Waals surface area contributed by atoms with Gasteiger partial charge in [0.25, 0.3) is 5.69 Å². The quantitative estimate of drug-likeness (QED) is 0.187. The van der Waals surface area contributed by atoms with Crippen molar-refractivity contribution in [3.05, 3.63) is 57.8 Å². The molecule has 0 aliphatic rings. The van der Waals surface area contributed by atoms with Crippen molar-refractivity contribution >= 4 is 17.7 Å². The van der Waals surface area contributed by atoms with E-state index in [1.165, 1.54) is 18.2 Å². The lowest BCUT2D eigenvalue weighted by Crippen LogP contribution is -2.07. The van der Waals surface area contributed by atoms with E-state index in [0.717, 1.165) is 12.8 Å². The maximum atomic E-state index is 11.8. The molecule has 0 amide bonds. The third kappa shape index (κ3) is 4.78. The molecule has 7 heteroatoms. The molecule has 0 aliphatic carbocycles. The Bertz CT molecular complexity index is 845. The number of carbonyl (C=O) groups is 1. The third-order valence-electron chi connectivity index (χ3n) is 3.33. The van der Waals surface area contributed by atoms with Gasteiger partial charge in [-0.15, -0.1) is 0 Å². The molecule has 7 nitrogen and oxygen atoms in total. The molecule has 0 radical (unpaired) electrons. The first-order valence-electron chi connectivity index (χ1n) is 7.68. The molecule has 0 unspecified atom stereocenters. The van der Waals surface area contributed by atoms with Crippen molar-refractivity contribution in [1.82, 2.24) is 0 Å². The highest BCUT2D eigenvalue weighted by atomic mass is 16.6. The minimum Gasteiger partial charge on any atom is -0.462 e. The summed E-state index contributed by atoms with van der Waals surface area (Å²) in [7, 11) is 0. The molecule has 0 saturated heterocycles. The summed E-state index contributed by atoms with van der Waals surface area (Å²) in [6.45, 7) is 2.22. The van der Waals surface area contributed by atoms with Crippen molar-refractivity contribution < 1.29 is 18.9 Å². The van der Waals surface area contributed by atoms with Crippen LogP contribution in [-0.4, -0.2) is 17.5 Å². The summed E-state index contributed by atoms with van der Waals surface area (Å²) < 4.78 is 10.5. The monoisotopic (exact) mass is 340 g/mol. The SMILES string of the molecule is CCCCOC(=O)/C(C#N)=C\c1ccc(-c2cccc([N+](=O)[O-])c2)o1. The summed E-state index contributed by atoms with van der Waals surface area (Å²) in [4.78, 5) is 22.2. The Labute approximate surface area is 144 Å². The van der Waals surface area contributed by atoms with Crippen molar-refractivity contribution in [3.8, 4) is 17.4 Å². The minimum atomic E-state index is -0.704. The van der Waals surface area contributed by atoms with E-state index >= 15 is 0 Å². The van der Waals surface area contributed by atoms with Crippen LogP contribution in [0.2, 0.25) is 0 Å². The molecular formula is C18H16N2O5. The fourth-order valence-electron chi connectivity index (χ4n) is 2.02.